The molecule has 31 heavy (non-hydrogen) atoms. The molecule has 1 atom stereocenters. The van der Waals surface area contributed by atoms with Crippen LogP contribution in [0.4, 0.5) is 18.9 Å². The van der Waals surface area contributed by atoms with E-state index < -0.39 is 11.7 Å². The lowest BCUT2D eigenvalue weighted by molar-refractivity contribution is -0.137. The Kier molecular flexibility index (Phi) is 6.71. The van der Waals surface area contributed by atoms with Crippen LogP contribution in [0.1, 0.15) is 51.5 Å². The second kappa shape index (κ2) is 9.02. The average molecular weight is 470 g/mol. The summed E-state index contributed by atoms with van der Waals surface area (Å²) in [6.45, 7) is 6.13. The summed E-state index contributed by atoms with van der Waals surface area (Å²) in [5.74, 6) is 2.95. The van der Waals surface area contributed by atoms with Crippen LogP contribution in [-0.4, -0.2) is 52.4 Å². The zero-order valence-electron chi connectivity index (χ0n) is 18.1. The quantitative estimate of drug-likeness (QED) is 0.503. The second-order valence-corrected chi connectivity index (χ2v) is 10.9. The van der Waals surface area contributed by atoms with E-state index >= 15 is 0 Å². The molecule has 0 radical (unpaired) electrons. The summed E-state index contributed by atoms with van der Waals surface area (Å²) in [6.07, 6.45) is 1.23. The van der Waals surface area contributed by atoms with Gasteiger partial charge in [-0.3, -0.25) is 14.8 Å². The standard InChI is InChI=1S/C23H30F3N3S2/c1-22(2)19(28-11-13-31-14-12-28)20(27-17-8-4-3-5-9-17)29(21(22)30)18-10-6-7-16(15-18)23(24,25)26/h6-7,10,15,17,19H,3-5,8-9,11-14H2,1-2H3/t19-/m1/s1. The van der Waals surface area contributed by atoms with E-state index in [1.165, 1.54) is 18.6 Å². The molecular weight excluding hydrogens is 439 g/mol. The molecule has 2 saturated heterocycles. The lowest BCUT2D eigenvalue weighted by atomic mass is 9.85. The fraction of sp³-hybridized carbons (Fsp3) is 0.652. The van der Waals surface area contributed by atoms with Gasteiger partial charge in [-0.25, -0.2) is 0 Å². The fourth-order valence-electron chi connectivity index (χ4n) is 5.01. The summed E-state index contributed by atoms with van der Waals surface area (Å²) in [6, 6.07) is 5.73. The average Bonchev–Trinajstić information content (AvgIpc) is 2.94. The first kappa shape index (κ1) is 23.1. The Bertz CT molecular complexity index is 841. The van der Waals surface area contributed by atoms with Crippen molar-refractivity contribution in [2.75, 3.05) is 29.5 Å². The van der Waals surface area contributed by atoms with E-state index in [1.54, 1.807) is 6.07 Å². The maximum absolute atomic E-state index is 13.4. The Morgan fingerprint density at radius 3 is 2.42 bits per heavy atom. The van der Waals surface area contributed by atoms with Crippen molar-refractivity contribution in [2.24, 2.45) is 10.4 Å². The van der Waals surface area contributed by atoms with Crippen molar-refractivity contribution < 1.29 is 13.2 Å². The molecule has 3 nitrogen and oxygen atoms in total. The van der Waals surface area contributed by atoms with E-state index in [9.17, 15) is 13.2 Å². The van der Waals surface area contributed by atoms with Crippen molar-refractivity contribution in [1.82, 2.24) is 4.90 Å². The zero-order valence-corrected chi connectivity index (χ0v) is 19.8. The number of hydrogen-bond donors (Lipinski definition) is 0. The number of anilines is 1. The molecule has 8 heteroatoms. The van der Waals surface area contributed by atoms with Crippen molar-refractivity contribution in [2.45, 2.75) is 64.2 Å². The zero-order chi connectivity index (χ0) is 22.2. The largest absolute Gasteiger partial charge is 0.416 e. The van der Waals surface area contributed by atoms with Gasteiger partial charge in [0.25, 0.3) is 0 Å². The molecule has 0 amide bonds. The van der Waals surface area contributed by atoms with E-state index in [0.717, 1.165) is 62.2 Å². The summed E-state index contributed by atoms with van der Waals surface area (Å²) in [7, 11) is 0. The molecule has 4 rings (SSSR count). The number of alkyl halides is 3. The minimum absolute atomic E-state index is 0.0163. The Morgan fingerprint density at radius 1 is 1.10 bits per heavy atom. The molecule has 0 aromatic heterocycles. The molecule has 2 heterocycles. The van der Waals surface area contributed by atoms with Crippen molar-refractivity contribution in [3.63, 3.8) is 0 Å². The predicted octanol–water partition coefficient (Wildman–Crippen LogP) is 6.03. The predicted molar refractivity (Wildman–Crippen MR) is 127 cm³/mol. The van der Waals surface area contributed by atoms with E-state index in [1.807, 2.05) is 16.7 Å². The van der Waals surface area contributed by atoms with Crippen LogP contribution in [0.5, 0.6) is 0 Å². The molecule has 2 aliphatic heterocycles. The Morgan fingerprint density at radius 2 is 1.77 bits per heavy atom. The van der Waals surface area contributed by atoms with E-state index in [4.69, 9.17) is 17.2 Å². The molecule has 3 aliphatic rings. The molecule has 0 spiro atoms. The fourth-order valence-corrected chi connectivity index (χ4v) is 6.25. The smallest absolute Gasteiger partial charge is 0.291 e. The molecule has 0 N–H and O–H groups in total. The van der Waals surface area contributed by atoms with Gasteiger partial charge < -0.3 is 0 Å². The summed E-state index contributed by atoms with van der Waals surface area (Å²) in [5, 5.41) is 0. The van der Waals surface area contributed by atoms with Crippen molar-refractivity contribution >= 4 is 40.5 Å². The van der Waals surface area contributed by atoms with Gasteiger partial charge in [-0.2, -0.15) is 24.9 Å². The van der Waals surface area contributed by atoms with E-state index in [0.29, 0.717) is 10.7 Å². The van der Waals surface area contributed by atoms with Gasteiger partial charge in [-0.05, 0) is 31.0 Å². The van der Waals surface area contributed by atoms with Crippen molar-refractivity contribution in [1.29, 1.82) is 0 Å². The number of halogens is 3. The summed E-state index contributed by atoms with van der Waals surface area (Å²) in [4.78, 5) is 10.2. The molecule has 0 bridgehead atoms. The lowest BCUT2D eigenvalue weighted by Crippen LogP contribution is -2.51. The van der Waals surface area contributed by atoms with Gasteiger partial charge in [0.1, 0.15) is 5.84 Å². The first-order chi connectivity index (χ1) is 14.7. The monoisotopic (exact) mass is 469 g/mol. The van der Waals surface area contributed by atoms with Crippen LogP contribution >= 0.6 is 24.0 Å². The van der Waals surface area contributed by atoms with Gasteiger partial charge in [0.15, 0.2) is 0 Å². The third-order valence-corrected chi connectivity index (χ3v) is 8.29. The Labute approximate surface area is 192 Å². The Balaban J connectivity index is 1.80. The van der Waals surface area contributed by atoms with Crippen LogP contribution in [0.25, 0.3) is 0 Å². The van der Waals surface area contributed by atoms with Crippen LogP contribution < -0.4 is 4.90 Å². The molecule has 1 aromatic rings. The first-order valence-corrected chi connectivity index (χ1v) is 12.7. The lowest BCUT2D eigenvalue weighted by Gasteiger charge is -2.38. The van der Waals surface area contributed by atoms with Gasteiger partial charge in [-0.15, -0.1) is 0 Å². The normalized spacial score (nSPS) is 27.3. The highest BCUT2D eigenvalue weighted by Crippen LogP contribution is 2.42. The number of aliphatic imine (C=N–C) groups is 1. The molecule has 0 unspecified atom stereocenters. The SMILES string of the molecule is CC1(C)C(=S)N(c2cccc(C(F)(F)F)c2)C(=NC2CCCCC2)[C@H]1N1CCSCC1. The molecule has 1 saturated carbocycles. The van der Waals surface area contributed by atoms with Gasteiger partial charge in [0, 0.05) is 35.7 Å². The molecular formula is C23H30F3N3S2. The summed E-state index contributed by atoms with van der Waals surface area (Å²) < 4.78 is 40.3. The topological polar surface area (TPSA) is 18.8 Å². The number of thioether (sulfide) groups is 1. The highest BCUT2D eigenvalue weighted by Gasteiger charge is 2.52. The Hall–Kier alpha value is -1.12. The van der Waals surface area contributed by atoms with Crippen LogP contribution in [0.3, 0.4) is 0 Å². The minimum atomic E-state index is -4.39. The number of nitrogens with zero attached hydrogens (tertiary/aromatic N) is 3. The number of amidine groups is 1. The van der Waals surface area contributed by atoms with Crippen LogP contribution in [0, 0.1) is 5.41 Å². The molecule has 3 fully saturated rings. The molecule has 1 aliphatic carbocycles. The van der Waals surface area contributed by atoms with Crippen LogP contribution in [0.15, 0.2) is 29.3 Å². The second-order valence-electron chi connectivity index (χ2n) is 9.24. The molecule has 170 valence electrons. The van der Waals surface area contributed by atoms with Crippen molar-refractivity contribution in [3.05, 3.63) is 29.8 Å². The first-order valence-electron chi connectivity index (χ1n) is 11.1. The summed E-state index contributed by atoms with van der Waals surface area (Å²) in [5.41, 5.74) is -0.573. The van der Waals surface area contributed by atoms with E-state index in [2.05, 4.69) is 18.7 Å². The minimum Gasteiger partial charge on any atom is -0.291 e. The van der Waals surface area contributed by atoms with Crippen LogP contribution in [-0.2, 0) is 6.18 Å². The van der Waals surface area contributed by atoms with Crippen molar-refractivity contribution in [3.8, 4) is 0 Å². The molecule has 1 aromatic carbocycles. The number of rotatable bonds is 3. The van der Waals surface area contributed by atoms with Gasteiger partial charge >= 0.3 is 6.18 Å². The highest BCUT2D eigenvalue weighted by molar-refractivity contribution is 7.99. The number of benzene rings is 1. The third kappa shape index (κ3) is 4.67. The van der Waals surface area contributed by atoms with Gasteiger partial charge in [0.2, 0.25) is 0 Å². The van der Waals surface area contributed by atoms with Gasteiger partial charge in [0.05, 0.1) is 22.6 Å². The highest BCUT2D eigenvalue weighted by atomic mass is 32.2. The van der Waals surface area contributed by atoms with Gasteiger partial charge in [-0.1, -0.05) is 51.4 Å². The number of hydrogen-bond acceptors (Lipinski definition) is 4. The third-order valence-electron chi connectivity index (χ3n) is 6.64. The maximum atomic E-state index is 13.4. The summed E-state index contributed by atoms with van der Waals surface area (Å²) >= 11 is 7.86. The number of thiocarbonyl (C=S) groups is 1. The van der Waals surface area contributed by atoms with Crippen LogP contribution in [0.2, 0.25) is 0 Å². The van der Waals surface area contributed by atoms with E-state index in [-0.39, 0.29) is 17.5 Å². The maximum Gasteiger partial charge on any atom is 0.416 e.